The Labute approximate surface area is 226 Å². The summed E-state index contributed by atoms with van der Waals surface area (Å²) in [4.78, 5) is 13.9. The Balaban J connectivity index is 1.65. The van der Waals surface area contributed by atoms with E-state index in [2.05, 4.69) is 21.2 Å². The van der Waals surface area contributed by atoms with Crippen molar-refractivity contribution in [3.8, 4) is 11.1 Å². The van der Waals surface area contributed by atoms with Crippen molar-refractivity contribution >= 4 is 50.2 Å². The average molecular weight is 556 g/mol. The first-order valence-corrected chi connectivity index (χ1v) is 14.4. The third-order valence-electron chi connectivity index (χ3n) is 7.30. The molecule has 1 aliphatic carbocycles. The van der Waals surface area contributed by atoms with E-state index in [9.17, 15) is 13.2 Å². The number of hydrogen-bond acceptors (Lipinski definition) is 6. The second-order valence-corrected chi connectivity index (χ2v) is 12.1. The zero-order valence-corrected chi connectivity index (χ0v) is 22.9. The molecule has 3 N–H and O–H groups in total. The molecule has 5 rings (SSSR count). The predicted octanol–water partition coefficient (Wildman–Crippen LogP) is 3.91. The summed E-state index contributed by atoms with van der Waals surface area (Å²) in [5.41, 5.74) is 10.9. The van der Waals surface area contributed by atoms with Crippen molar-refractivity contribution in [3.05, 3.63) is 53.1 Å². The van der Waals surface area contributed by atoms with Crippen molar-refractivity contribution in [3.63, 3.8) is 0 Å². The first-order chi connectivity index (χ1) is 18.2. The van der Waals surface area contributed by atoms with Crippen LogP contribution in [0.1, 0.15) is 48.7 Å². The fourth-order valence-electron chi connectivity index (χ4n) is 5.05. The zero-order valence-electron chi connectivity index (χ0n) is 21.3. The predicted molar refractivity (Wildman–Crippen MR) is 149 cm³/mol. The Morgan fingerprint density at radius 1 is 1.24 bits per heavy atom. The molecule has 1 aromatic carbocycles. The number of nitrogens with one attached hydrogen (secondary N) is 1. The minimum absolute atomic E-state index is 0.0194. The standard InChI is InChI=1S/C26H30ClN7O3S/c1-4-22(35)33-9-7-18(8-10-33)34-16(3)23(24-20-14-29-31-21(20)11-15(2)25(24)27)26(32-34)17(12-28)13-30-38(36,37)19-5-6-19/h4,11-14,18-19H,1,5-10,28H2,2-3H3,(H,29,31). The number of sulfonamides is 1. The van der Waals surface area contributed by atoms with Crippen LogP contribution in [0.3, 0.4) is 0 Å². The lowest BCUT2D eigenvalue weighted by atomic mass is 9.95. The molecule has 2 aliphatic rings. The third-order valence-corrected chi connectivity index (χ3v) is 9.50. The summed E-state index contributed by atoms with van der Waals surface area (Å²) in [6.45, 7) is 8.63. The first kappa shape index (κ1) is 26.2. The van der Waals surface area contributed by atoms with Crippen molar-refractivity contribution in [1.82, 2.24) is 24.9 Å². The van der Waals surface area contributed by atoms with Gasteiger partial charge in [-0.25, -0.2) is 8.42 Å². The van der Waals surface area contributed by atoms with E-state index in [0.29, 0.717) is 55.1 Å². The number of benzene rings is 1. The number of fused-ring (bicyclic) bond motifs is 1. The lowest BCUT2D eigenvalue weighted by Gasteiger charge is -2.32. The fourth-order valence-corrected chi connectivity index (χ4v) is 6.46. The highest BCUT2D eigenvalue weighted by atomic mass is 35.5. The number of H-pyrrole nitrogens is 1. The Kier molecular flexibility index (Phi) is 6.91. The summed E-state index contributed by atoms with van der Waals surface area (Å²) >= 11 is 6.91. The van der Waals surface area contributed by atoms with E-state index in [1.807, 2.05) is 24.6 Å². The number of hydrogen-bond donors (Lipinski definition) is 2. The molecule has 1 aliphatic heterocycles. The average Bonchev–Trinajstić information content (AvgIpc) is 3.60. The molecule has 3 heterocycles. The van der Waals surface area contributed by atoms with E-state index < -0.39 is 15.3 Å². The minimum atomic E-state index is -3.61. The molecule has 0 atom stereocenters. The van der Waals surface area contributed by atoms with E-state index in [1.165, 1.54) is 18.5 Å². The SMILES string of the molecule is C=CC(=O)N1CCC(n2nc(C(C=NS(=O)(=O)C3CC3)=CN)c(-c3c(Cl)c(C)cc4[nH]ncc34)c2C)CC1. The highest BCUT2D eigenvalue weighted by molar-refractivity contribution is 7.91. The molecule has 1 saturated heterocycles. The van der Waals surface area contributed by atoms with E-state index in [4.69, 9.17) is 22.4 Å². The van der Waals surface area contributed by atoms with Gasteiger partial charge in [0.05, 0.1) is 34.2 Å². The van der Waals surface area contributed by atoms with Gasteiger partial charge in [-0.1, -0.05) is 18.2 Å². The van der Waals surface area contributed by atoms with Crippen LogP contribution in [0.2, 0.25) is 5.02 Å². The highest BCUT2D eigenvalue weighted by Crippen LogP contribution is 2.43. The summed E-state index contributed by atoms with van der Waals surface area (Å²) in [6, 6.07) is 1.95. The summed E-state index contributed by atoms with van der Waals surface area (Å²) in [5, 5.41) is 13.1. The van der Waals surface area contributed by atoms with Crippen LogP contribution in [0.25, 0.3) is 27.6 Å². The molecular formula is C26H30ClN7O3S. The number of carbonyl (C=O) groups excluding carboxylic acids is 1. The van der Waals surface area contributed by atoms with Gasteiger partial charge in [0.25, 0.3) is 10.0 Å². The van der Waals surface area contributed by atoms with E-state index in [0.717, 1.165) is 33.3 Å². The number of halogens is 1. The van der Waals surface area contributed by atoms with Crippen molar-refractivity contribution in [1.29, 1.82) is 0 Å². The molecule has 1 saturated carbocycles. The van der Waals surface area contributed by atoms with Crippen LogP contribution in [0.5, 0.6) is 0 Å². The summed E-state index contributed by atoms with van der Waals surface area (Å²) in [7, 11) is -3.61. The number of nitrogens with two attached hydrogens (primary N) is 1. The van der Waals surface area contributed by atoms with E-state index >= 15 is 0 Å². The van der Waals surface area contributed by atoms with Crippen molar-refractivity contribution in [2.75, 3.05) is 13.1 Å². The maximum Gasteiger partial charge on any atom is 0.255 e. The Morgan fingerprint density at radius 3 is 2.58 bits per heavy atom. The third kappa shape index (κ3) is 4.64. The molecular weight excluding hydrogens is 526 g/mol. The van der Waals surface area contributed by atoms with Gasteiger partial charge in [0.2, 0.25) is 5.91 Å². The van der Waals surface area contributed by atoms with Gasteiger partial charge in [0.15, 0.2) is 0 Å². The topological polar surface area (TPSA) is 139 Å². The van der Waals surface area contributed by atoms with Gasteiger partial charge in [0.1, 0.15) is 5.69 Å². The van der Waals surface area contributed by atoms with Gasteiger partial charge in [-0.05, 0) is 57.2 Å². The summed E-state index contributed by atoms with van der Waals surface area (Å²) in [6.07, 6.45) is 8.29. The van der Waals surface area contributed by atoms with Gasteiger partial charge in [-0.3, -0.25) is 14.6 Å². The number of aromatic nitrogens is 4. The van der Waals surface area contributed by atoms with Crippen LogP contribution >= 0.6 is 11.6 Å². The molecule has 10 nitrogen and oxygen atoms in total. The number of nitrogens with zero attached hydrogens (tertiary/aromatic N) is 5. The molecule has 12 heteroatoms. The van der Waals surface area contributed by atoms with E-state index in [1.54, 1.807) is 11.1 Å². The number of likely N-dealkylation sites (tertiary alicyclic amines) is 1. The lowest BCUT2D eigenvalue weighted by molar-refractivity contribution is -0.127. The number of aromatic amines is 1. The second-order valence-electron chi connectivity index (χ2n) is 9.80. The molecule has 3 aromatic rings. The maximum absolute atomic E-state index is 12.5. The number of amides is 1. The fraction of sp³-hybridized carbons (Fsp3) is 0.385. The molecule has 0 bridgehead atoms. The van der Waals surface area contributed by atoms with Crippen molar-refractivity contribution < 1.29 is 13.2 Å². The quantitative estimate of drug-likeness (QED) is 0.334. The van der Waals surface area contributed by atoms with Crippen molar-refractivity contribution in [2.24, 2.45) is 10.1 Å². The summed E-state index contributed by atoms with van der Waals surface area (Å²) < 4.78 is 30.9. The number of rotatable bonds is 7. The molecule has 2 aromatic heterocycles. The van der Waals surface area contributed by atoms with Crippen LogP contribution in [-0.2, 0) is 14.8 Å². The molecule has 38 heavy (non-hydrogen) atoms. The van der Waals surface area contributed by atoms with Gasteiger partial charge in [0, 0.05) is 47.1 Å². The number of carbonyl (C=O) groups is 1. The zero-order chi connectivity index (χ0) is 27.2. The van der Waals surface area contributed by atoms with Crippen molar-refractivity contribution in [2.45, 2.75) is 50.8 Å². The Bertz CT molecular complexity index is 1590. The highest BCUT2D eigenvalue weighted by Gasteiger charge is 2.35. The van der Waals surface area contributed by atoms with Crippen LogP contribution in [-0.4, -0.2) is 63.8 Å². The first-order valence-electron chi connectivity index (χ1n) is 12.5. The van der Waals surface area contributed by atoms with Gasteiger partial charge in [-0.2, -0.15) is 14.6 Å². The monoisotopic (exact) mass is 555 g/mol. The number of aryl methyl sites for hydroxylation is 1. The van der Waals surface area contributed by atoms with Crippen LogP contribution in [0.15, 0.2) is 35.5 Å². The normalized spacial score (nSPS) is 17.6. The van der Waals surface area contributed by atoms with E-state index in [-0.39, 0.29) is 11.9 Å². The Morgan fingerprint density at radius 2 is 1.95 bits per heavy atom. The molecule has 0 radical (unpaired) electrons. The van der Waals surface area contributed by atoms with Crippen LogP contribution < -0.4 is 5.73 Å². The lowest BCUT2D eigenvalue weighted by Crippen LogP contribution is -2.38. The largest absolute Gasteiger partial charge is 0.404 e. The maximum atomic E-state index is 12.5. The van der Waals surface area contributed by atoms with Gasteiger partial charge in [-0.15, -0.1) is 0 Å². The Hall–Kier alpha value is -3.44. The molecule has 1 amide bonds. The smallest absolute Gasteiger partial charge is 0.255 e. The molecule has 0 spiro atoms. The van der Waals surface area contributed by atoms with Gasteiger partial charge >= 0.3 is 0 Å². The molecule has 2 fully saturated rings. The second kappa shape index (κ2) is 10.0. The number of piperidine rings is 1. The van der Waals surface area contributed by atoms with Crippen LogP contribution in [0, 0.1) is 13.8 Å². The summed E-state index contributed by atoms with van der Waals surface area (Å²) in [5.74, 6) is -0.0858. The number of allylic oxidation sites excluding steroid dienone is 1. The minimum Gasteiger partial charge on any atom is -0.404 e. The molecule has 0 unspecified atom stereocenters. The molecule has 200 valence electrons. The van der Waals surface area contributed by atoms with Gasteiger partial charge < -0.3 is 10.6 Å². The van der Waals surface area contributed by atoms with Crippen LogP contribution in [0.4, 0.5) is 0 Å².